The Hall–Kier alpha value is -3.14. The lowest BCUT2D eigenvalue weighted by atomic mass is 9.87. The summed E-state index contributed by atoms with van der Waals surface area (Å²) in [6, 6.07) is 16.3. The number of hydrogen-bond acceptors (Lipinski definition) is 3. The van der Waals surface area contributed by atoms with E-state index in [0.717, 1.165) is 42.5 Å². The van der Waals surface area contributed by atoms with Crippen LogP contribution in [0.3, 0.4) is 0 Å². The molecule has 0 N–H and O–H groups in total. The molecule has 3 aromatic carbocycles. The number of esters is 1. The fraction of sp³-hybridized carbons (Fsp3) is 0.357. The number of nitrogens with zero attached hydrogens (tertiary/aromatic N) is 1. The summed E-state index contributed by atoms with van der Waals surface area (Å²) < 4.78 is 5.04. The molecule has 0 saturated carbocycles. The number of hydrogen-bond donors (Lipinski definition) is 0. The minimum absolute atomic E-state index is 0.0877. The Morgan fingerprint density at radius 2 is 1.53 bits per heavy atom. The van der Waals surface area contributed by atoms with Gasteiger partial charge in [0.05, 0.1) is 19.6 Å². The average Bonchev–Trinajstić information content (AvgIpc) is 3.14. The van der Waals surface area contributed by atoms with Gasteiger partial charge in [0.1, 0.15) is 0 Å². The predicted octanol–water partition coefficient (Wildman–Crippen LogP) is 6.01. The molecule has 0 bridgehead atoms. The van der Waals surface area contributed by atoms with Crippen molar-refractivity contribution < 1.29 is 14.3 Å². The highest BCUT2D eigenvalue weighted by Gasteiger charge is 2.34. The summed E-state index contributed by atoms with van der Waals surface area (Å²) in [6.07, 6.45) is 4.15. The van der Waals surface area contributed by atoms with Crippen molar-refractivity contribution in [3.63, 3.8) is 0 Å². The molecule has 0 spiro atoms. The highest BCUT2D eigenvalue weighted by molar-refractivity contribution is 6.14. The van der Waals surface area contributed by atoms with Crippen LogP contribution in [0.5, 0.6) is 0 Å². The number of fused-ring (bicyclic) bond motifs is 2. The second-order valence-electron chi connectivity index (χ2n) is 8.40. The van der Waals surface area contributed by atoms with E-state index in [0.29, 0.717) is 13.2 Å². The van der Waals surface area contributed by atoms with Crippen molar-refractivity contribution in [3.8, 4) is 0 Å². The van der Waals surface area contributed by atoms with E-state index in [9.17, 15) is 9.59 Å². The molecule has 0 aromatic heterocycles. The van der Waals surface area contributed by atoms with E-state index in [1.807, 2.05) is 29.2 Å². The lowest BCUT2D eigenvalue weighted by molar-refractivity contribution is -0.142. The molecule has 4 heteroatoms. The predicted molar refractivity (Wildman–Crippen MR) is 129 cm³/mol. The molecule has 0 fully saturated rings. The molecular formula is C28H31NO3. The van der Waals surface area contributed by atoms with Gasteiger partial charge in [-0.2, -0.15) is 0 Å². The maximum atomic E-state index is 13.7. The van der Waals surface area contributed by atoms with E-state index in [1.54, 1.807) is 6.92 Å². The average molecular weight is 430 g/mol. The van der Waals surface area contributed by atoms with E-state index in [-0.39, 0.29) is 18.3 Å². The highest BCUT2D eigenvalue weighted by Crippen LogP contribution is 2.39. The van der Waals surface area contributed by atoms with Gasteiger partial charge >= 0.3 is 5.97 Å². The van der Waals surface area contributed by atoms with Gasteiger partial charge in [0.25, 0.3) is 5.91 Å². The molecule has 0 unspecified atom stereocenters. The molecule has 3 aromatic rings. The van der Waals surface area contributed by atoms with Gasteiger partial charge in [0, 0.05) is 11.3 Å². The van der Waals surface area contributed by atoms with Gasteiger partial charge in [0.15, 0.2) is 0 Å². The minimum Gasteiger partial charge on any atom is -0.466 e. The largest absolute Gasteiger partial charge is 0.466 e. The van der Waals surface area contributed by atoms with Gasteiger partial charge in [-0.05, 0) is 64.9 Å². The van der Waals surface area contributed by atoms with Gasteiger partial charge in [-0.3, -0.25) is 9.59 Å². The molecule has 1 aliphatic heterocycles. The van der Waals surface area contributed by atoms with Crippen LogP contribution in [0, 0.1) is 0 Å². The maximum absolute atomic E-state index is 13.7. The van der Waals surface area contributed by atoms with E-state index in [4.69, 9.17) is 4.74 Å². The molecule has 0 atom stereocenters. The molecule has 1 heterocycles. The molecule has 32 heavy (non-hydrogen) atoms. The van der Waals surface area contributed by atoms with Crippen LogP contribution in [-0.2, 0) is 35.3 Å². The third-order valence-electron chi connectivity index (χ3n) is 6.22. The van der Waals surface area contributed by atoms with Gasteiger partial charge in [0.2, 0.25) is 0 Å². The normalized spacial score (nSPS) is 13.0. The number of anilines is 1. The fourth-order valence-corrected chi connectivity index (χ4v) is 4.86. The highest BCUT2D eigenvalue weighted by atomic mass is 16.5. The van der Waals surface area contributed by atoms with Gasteiger partial charge in [-0.25, -0.2) is 0 Å². The summed E-state index contributed by atoms with van der Waals surface area (Å²) >= 11 is 0. The van der Waals surface area contributed by atoms with Crippen molar-refractivity contribution in [3.05, 3.63) is 76.3 Å². The van der Waals surface area contributed by atoms with Crippen LogP contribution in [0.4, 0.5) is 5.69 Å². The number of benzene rings is 3. The number of amides is 1. The third-order valence-corrected chi connectivity index (χ3v) is 6.22. The lowest BCUT2D eigenvalue weighted by Gasteiger charge is -2.16. The van der Waals surface area contributed by atoms with Crippen LogP contribution < -0.4 is 4.90 Å². The standard InChI is InChI=1S/C28H31NO3/c1-4-9-21-22-11-7-8-12-23(22)24(10-5-2)27-25(21)18-29(28(27)31)20-15-13-19(14-16-20)17-26(30)32-6-3/h7-8,11-16H,4-6,9-10,17-18H2,1-3H3. The zero-order chi connectivity index (χ0) is 22.7. The van der Waals surface area contributed by atoms with E-state index < -0.39 is 0 Å². The fourth-order valence-electron chi connectivity index (χ4n) is 4.86. The molecule has 166 valence electrons. The Labute approximate surface area is 190 Å². The zero-order valence-electron chi connectivity index (χ0n) is 19.2. The summed E-state index contributed by atoms with van der Waals surface area (Å²) in [5, 5.41) is 2.51. The molecule has 0 radical (unpaired) electrons. The van der Waals surface area contributed by atoms with Crippen molar-refractivity contribution in [1.82, 2.24) is 0 Å². The quantitative estimate of drug-likeness (QED) is 0.412. The van der Waals surface area contributed by atoms with Crippen molar-refractivity contribution in [1.29, 1.82) is 0 Å². The maximum Gasteiger partial charge on any atom is 0.310 e. The second-order valence-corrected chi connectivity index (χ2v) is 8.40. The Morgan fingerprint density at radius 3 is 2.16 bits per heavy atom. The van der Waals surface area contributed by atoms with Crippen molar-refractivity contribution >= 4 is 28.3 Å². The van der Waals surface area contributed by atoms with Crippen LogP contribution in [0.25, 0.3) is 10.8 Å². The monoisotopic (exact) mass is 429 g/mol. The van der Waals surface area contributed by atoms with Gasteiger partial charge in [-0.15, -0.1) is 0 Å². The minimum atomic E-state index is -0.231. The van der Waals surface area contributed by atoms with Crippen LogP contribution in [0.15, 0.2) is 48.5 Å². The van der Waals surface area contributed by atoms with Crippen molar-refractivity contribution in [2.45, 2.75) is 59.4 Å². The number of carbonyl (C=O) groups excluding carboxylic acids is 2. The Balaban J connectivity index is 1.74. The lowest BCUT2D eigenvalue weighted by Crippen LogP contribution is -2.23. The van der Waals surface area contributed by atoms with E-state index in [2.05, 4.69) is 38.1 Å². The number of rotatable bonds is 8. The molecule has 1 amide bonds. The molecule has 0 aliphatic carbocycles. The van der Waals surface area contributed by atoms with E-state index >= 15 is 0 Å². The summed E-state index contributed by atoms with van der Waals surface area (Å²) in [6.45, 7) is 7.15. The Morgan fingerprint density at radius 1 is 0.906 bits per heavy atom. The van der Waals surface area contributed by atoms with Crippen molar-refractivity contribution in [2.75, 3.05) is 11.5 Å². The second kappa shape index (κ2) is 9.56. The Bertz CT molecular complexity index is 1150. The summed E-state index contributed by atoms with van der Waals surface area (Å²) in [4.78, 5) is 27.4. The SMILES string of the molecule is CCCc1c2c(c(CCC)c3ccccc13)C(=O)N(c1ccc(CC(=O)OCC)cc1)C2. The first-order chi connectivity index (χ1) is 15.6. The summed E-state index contributed by atoms with van der Waals surface area (Å²) in [5.41, 5.74) is 6.35. The topological polar surface area (TPSA) is 46.6 Å². The Kier molecular flexibility index (Phi) is 6.59. The van der Waals surface area contributed by atoms with Gasteiger partial charge in [-0.1, -0.05) is 63.1 Å². The smallest absolute Gasteiger partial charge is 0.310 e. The van der Waals surface area contributed by atoms with E-state index in [1.165, 1.54) is 27.5 Å². The number of ether oxygens (including phenoxy) is 1. The van der Waals surface area contributed by atoms with Crippen LogP contribution in [0.2, 0.25) is 0 Å². The first-order valence-corrected chi connectivity index (χ1v) is 11.7. The molecule has 4 rings (SSSR count). The van der Waals surface area contributed by atoms with Crippen LogP contribution in [-0.4, -0.2) is 18.5 Å². The summed E-state index contributed by atoms with van der Waals surface area (Å²) in [7, 11) is 0. The number of carbonyl (C=O) groups is 2. The van der Waals surface area contributed by atoms with Gasteiger partial charge < -0.3 is 9.64 Å². The molecule has 4 nitrogen and oxygen atoms in total. The molecular weight excluding hydrogens is 398 g/mol. The van der Waals surface area contributed by atoms with Crippen molar-refractivity contribution in [2.24, 2.45) is 0 Å². The molecule has 1 aliphatic rings. The van der Waals surface area contributed by atoms with Crippen LogP contribution in [0.1, 0.15) is 66.2 Å². The number of aryl methyl sites for hydroxylation is 2. The third kappa shape index (κ3) is 4.02. The first kappa shape index (κ1) is 22.1. The first-order valence-electron chi connectivity index (χ1n) is 11.7. The molecule has 0 saturated heterocycles. The summed E-state index contributed by atoms with van der Waals surface area (Å²) in [5.74, 6) is -0.144. The van der Waals surface area contributed by atoms with Crippen LogP contribution >= 0.6 is 0 Å². The zero-order valence-corrected chi connectivity index (χ0v) is 19.2.